The highest BCUT2D eigenvalue weighted by Gasteiger charge is 2.50. The minimum atomic E-state index is -0.261. The van der Waals surface area contributed by atoms with Crippen molar-refractivity contribution in [1.29, 1.82) is 0 Å². The molecule has 0 bridgehead atoms. The van der Waals surface area contributed by atoms with E-state index in [9.17, 15) is 4.79 Å². The van der Waals surface area contributed by atoms with E-state index in [1.807, 2.05) is 6.07 Å². The van der Waals surface area contributed by atoms with Crippen LogP contribution in [0, 0.1) is 0 Å². The number of carbonyl (C=O) groups excluding carboxylic acids is 1. The Balaban J connectivity index is 1.92. The van der Waals surface area contributed by atoms with Gasteiger partial charge in [-0.25, -0.2) is 0 Å². The first kappa shape index (κ1) is 14.6. The van der Waals surface area contributed by atoms with E-state index in [2.05, 4.69) is 48.3 Å². The maximum absolute atomic E-state index is 13.4. The van der Waals surface area contributed by atoms with Gasteiger partial charge in [-0.05, 0) is 45.2 Å². The number of nitrogens with zero attached hydrogens (tertiary/aromatic N) is 1. The van der Waals surface area contributed by atoms with Crippen LogP contribution >= 0.6 is 0 Å². The lowest BCUT2D eigenvalue weighted by Crippen LogP contribution is -2.59. The second kappa shape index (κ2) is 5.45. The molecule has 0 unspecified atom stereocenters. The lowest BCUT2D eigenvalue weighted by atomic mass is 9.63. The molecule has 1 amide bonds. The zero-order valence-corrected chi connectivity index (χ0v) is 13.2. The first-order valence-electron chi connectivity index (χ1n) is 8.15. The van der Waals surface area contributed by atoms with Gasteiger partial charge < -0.3 is 10.2 Å². The number of rotatable bonds is 2. The molecular formula is C18H26N2O. The molecule has 1 aromatic carbocycles. The number of carbonyl (C=O) groups is 1. The van der Waals surface area contributed by atoms with E-state index in [1.165, 1.54) is 5.56 Å². The topological polar surface area (TPSA) is 32.3 Å². The van der Waals surface area contributed by atoms with Gasteiger partial charge in [0.1, 0.15) is 0 Å². The molecule has 1 saturated carbocycles. The fourth-order valence-corrected chi connectivity index (χ4v) is 3.70. The zero-order chi connectivity index (χ0) is 14.9. The van der Waals surface area contributed by atoms with Crippen LogP contribution in [-0.4, -0.2) is 36.0 Å². The summed E-state index contributed by atoms with van der Waals surface area (Å²) >= 11 is 0. The maximum Gasteiger partial charge on any atom is 0.233 e. The Morgan fingerprint density at radius 3 is 2.48 bits per heavy atom. The number of hydrogen-bond acceptors (Lipinski definition) is 2. The SMILES string of the molecule is CC1(C)CNCCCN1C(=O)C1(c2ccccc2)CCC1. The summed E-state index contributed by atoms with van der Waals surface area (Å²) in [5.41, 5.74) is 0.836. The molecule has 3 heteroatoms. The predicted molar refractivity (Wildman–Crippen MR) is 85.2 cm³/mol. The highest BCUT2D eigenvalue weighted by atomic mass is 16.2. The molecule has 0 radical (unpaired) electrons. The minimum Gasteiger partial charge on any atom is -0.335 e. The van der Waals surface area contributed by atoms with Crippen LogP contribution in [0.25, 0.3) is 0 Å². The summed E-state index contributed by atoms with van der Waals surface area (Å²) in [5.74, 6) is 0.341. The lowest BCUT2D eigenvalue weighted by Gasteiger charge is -2.48. The normalized spacial score (nSPS) is 24.0. The number of amides is 1. The minimum absolute atomic E-state index is 0.106. The van der Waals surface area contributed by atoms with Crippen molar-refractivity contribution < 1.29 is 4.79 Å². The summed E-state index contributed by atoms with van der Waals surface area (Å²) in [7, 11) is 0. The van der Waals surface area contributed by atoms with Gasteiger partial charge in [0.25, 0.3) is 0 Å². The van der Waals surface area contributed by atoms with Gasteiger partial charge in [-0.3, -0.25) is 4.79 Å². The molecule has 1 N–H and O–H groups in total. The van der Waals surface area contributed by atoms with Crippen molar-refractivity contribution in [3.8, 4) is 0 Å². The molecule has 2 aliphatic rings. The van der Waals surface area contributed by atoms with E-state index >= 15 is 0 Å². The van der Waals surface area contributed by atoms with Crippen LogP contribution in [0.15, 0.2) is 30.3 Å². The van der Waals surface area contributed by atoms with Gasteiger partial charge in [0.05, 0.1) is 5.41 Å². The van der Waals surface area contributed by atoms with Crippen LogP contribution in [0.2, 0.25) is 0 Å². The number of hydrogen-bond donors (Lipinski definition) is 1. The Bertz CT molecular complexity index is 505. The third kappa shape index (κ3) is 2.48. The fourth-order valence-electron chi connectivity index (χ4n) is 3.70. The maximum atomic E-state index is 13.4. The van der Waals surface area contributed by atoms with E-state index in [-0.39, 0.29) is 11.0 Å². The van der Waals surface area contributed by atoms with Gasteiger partial charge in [-0.1, -0.05) is 36.8 Å². The van der Waals surface area contributed by atoms with Gasteiger partial charge in [0.2, 0.25) is 5.91 Å². The fraction of sp³-hybridized carbons (Fsp3) is 0.611. The summed E-state index contributed by atoms with van der Waals surface area (Å²) in [4.78, 5) is 15.5. The Hall–Kier alpha value is -1.35. The summed E-state index contributed by atoms with van der Waals surface area (Å²) in [6.07, 6.45) is 4.19. The van der Waals surface area contributed by atoms with Crippen molar-refractivity contribution in [1.82, 2.24) is 10.2 Å². The van der Waals surface area contributed by atoms with Crippen LogP contribution in [-0.2, 0) is 10.2 Å². The van der Waals surface area contributed by atoms with Gasteiger partial charge >= 0.3 is 0 Å². The average molecular weight is 286 g/mol. The molecule has 2 fully saturated rings. The van der Waals surface area contributed by atoms with Gasteiger partial charge in [-0.15, -0.1) is 0 Å². The third-order valence-corrected chi connectivity index (χ3v) is 5.21. The van der Waals surface area contributed by atoms with Crippen LogP contribution < -0.4 is 5.32 Å². The smallest absolute Gasteiger partial charge is 0.233 e. The van der Waals surface area contributed by atoms with Crippen LogP contribution in [0.3, 0.4) is 0 Å². The molecule has 1 aliphatic carbocycles. The largest absolute Gasteiger partial charge is 0.335 e. The zero-order valence-electron chi connectivity index (χ0n) is 13.2. The van der Waals surface area contributed by atoms with Gasteiger partial charge in [0.15, 0.2) is 0 Å². The molecule has 0 atom stereocenters. The Kier molecular flexibility index (Phi) is 3.78. The molecule has 114 valence electrons. The molecule has 0 aromatic heterocycles. The summed E-state index contributed by atoms with van der Waals surface area (Å²) < 4.78 is 0. The Morgan fingerprint density at radius 2 is 1.86 bits per heavy atom. The summed E-state index contributed by atoms with van der Waals surface area (Å²) in [5, 5.41) is 3.46. The van der Waals surface area contributed by atoms with Crippen molar-refractivity contribution in [2.75, 3.05) is 19.6 Å². The van der Waals surface area contributed by atoms with E-state index in [1.54, 1.807) is 0 Å². The molecule has 1 aliphatic heterocycles. The van der Waals surface area contributed by atoms with Crippen molar-refractivity contribution in [3.05, 3.63) is 35.9 Å². The number of nitrogens with one attached hydrogen (secondary N) is 1. The molecule has 21 heavy (non-hydrogen) atoms. The van der Waals surface area contributed by atoms with Crippen molar-refractivity contribution >= 4 is 5.91 Å². The average Bonchev–Trinajstić information content (AvgIpc) is 2.59. The van der Waals surface area contributed by atoms with Crippen LogP contribution in [0.1, 0.15) is 45.1 Å². The molecule has 1 heterocycles. The molecule has 1 aromatic rings. The molecule has 3 nitrogen and oxygen atoms in total. The second-order valence-corrected chi connectivity index (χ2v) is 7.10. The number of benzene rings is 1. The molecule has 1 saturated heterocycles. The van der Waals surface area contributed by atoms with Gasteiger partial charge in [0, 0.05) is 18.6 Å². The van der Waals surface area contributed by atoms with Crippen molar-refractivity contribution in [2.45, 2.75) is 50.5 Å². The quantitative estimate of drug-likeness (QED) is 0.906. The first-order chi connectivity index (χ1) is 10.1. The van der Waals surface area contributed by atoms with Crippen LogP contribution in [0.4, 0.5) is 0 Å². The summed E-state index contributed by atoms with van der Waals surface area (Å²) in [6, 6.07) is 10.4. The van der Waals surface area contributed by atoms with Crippen molar-refractivity contribution in [2.24, 2.45) is 0 Å². The molecular weight excluding hydrogens is 260 g/mol. The highest BCUT2D eigenvalue weighted by molar-refractivity contribution is 5.90. The van der Waals surface area contributed by atoms with E-state index < -0.39 is 0 Å². The molecule has 3 rings (SSSR count). The van der Waals surface area contributed by atoms with Crippen LogP contribution in [0.5, 0.6) is 0 Å². The monoisotopic (exact) mass is 286 g/mol. The lowest BCUT2D eigenvalue weighted by molar-refractivity contribution is -0.146. The first-order valence-corrected chi connectivity index (χ1v) is 8.15. The van der Waals surface area contributed by atoms with E-state index in [4.69, 9.17) is 0 Å². The summed E-state index contributed by atoms with van der Waals surface area (Å²) in [6.45, 7) is 7.11. The second-order valence-electron chi connectivity index (χ2n) is 7.10. The Labute approximate surface area is 127 Å². The Morgan fingerprint density at radius 1 is 1.14 bits per heavy atom. The van der Waals surface area contributed by atoms with E-state index in [0.717, 1.165) is 45.3 Å². The van der Waals surface area contributed by atoms with E-state index in [0.29, 0.717) is 5.91 Å². The van der Waals surface area contributed by atoms with Crippen molar-refractivity contribution in [3.63, 3.8) is 0 Å². The highest BCUT2D eigenvalue weighted by Crippen LogP contribution is 2.46. The third-order valence-electron chi connectivity index (χ3n) is 5.21. The predicted octanol–water partition coefficient (Wildman–Crippen LogP) is 2.71. The molecule has 0 spiro atoms. The van der Waals surface area contributed by atoms with Gasteiger partial charge in [-0.2, -0.15) is 0 Å². The standard InChI is InChI=1S/C18H26N2O/c1-17(2)14-19-12-7-13-20(17)16(21)18(10-6-11-18)15-8-4-3-5-9-15/h3-5,8-9,19H,6-7,10-14H2,1-2H3.